The molecule has 4 rings (SSSR count). The van der Waals surface area contributed by atoms with Crippen LogP contribution in [0.5, 0.6) is 0 Å². The van der Waals surface area contributed by atoms with E-state index in [4.69, 9.17) is 0 Å². The molecule has 6 heteroatoms. The molecule has 146 valence electrons. The number of nitrogens with one attached hydrogen (secondary N) is 1. The van der Waals surface area contributed by atoms with Gasteiger partial charge in [0.1, 0.15) is 5.56 Å². The number of fused-ring (bicyclic) bond motifs is 1. The van der Waals surface area contributed by atoms with Crippen molar-refractivity contribution in [2.45, 2.75) is 25.4 Å². The fourth-order valence-electron chi connectivity index (χ4n) is 3.94. The topological polar surface area (TPSA) is 75.5 Å². The summed E-state index contributed by atoms with van der Waals surface area (Å²) in [5.41, 5.74) is 2.72. The molecule has 0 fully saturated rings. The van der Waals surface area contributed by atoms with E-state index in [-0.39, 0.29) is 29.2 Å². The molecule has 1 amide bonds. The summed E-state index contributed by atoms with van der Waals surface area (Å²) in [5, 5.41) is 15.0. The zero-order valence-corrected chi connectivity index (χ0v) is 16.0. The van der Waals surface area contributed by atoms with E-state index in [0.29, 0.717) is 6.42 Å². The van der Waals surface area contributed by atoms with Gasteiger partial charge in [-0.1, -0.05) is 48.5 Å². The molecule has 0 radical (unpaired) electrons. The molecule has 3 aromatic carbocycles. The highest BCUT2D eigenvalue weighted by molar-refractivity contribution is 6.09. The maximum absolute atomic E-state index is 13.4. The molecule has 0 saturated heterocycles. The molecule has 1 aliphatic heterocycles. The standard InChI is InChI=1S/C23H21N3O3/c1-16-15-20(24-17-9-3-2-4-10-17)18-11-5-7-13-21(18)25(16)23(27)19-12-6-8-14-22(19)26(28)29/h2-14,16,20,24H,15H2,1H3/t16-,20+/m1/s1. The third kappa shape index (κ3) is 3.57. The van der Waals surface area contributed by atoms with E-state index in [2.05, 4.69) is 5.32 Å². The molecule has 0 saturated carbocycles. The number of nitrogens with zero attached hydrogens (tertiary/aromatic N) is 2. The lowest BCUT2D eigenvalue weighted by atomic mass is 9.90. The molecular weight excluding hydrogens is 366 g/mol. The number of para-hydroxylation sites is 3. The van der Waals surface area contributed by atoms with Crippen molar-refractivity contribution in [3.05, 3.63) is 100 Å². The van der Waals surface area contributed by atoms with E-state index in [1.54, 1.807) is 17.0 Å². The number of nitro benzene ring substituents is 1. The average molecular weight is 387 g/mol. The lowest BCUT2D eigenvalue weighted by Crippen LogP contribution is -2.44. The molecule has 1 heterocycles. The first kappa shape index (κ1) is 18.7. The number of nitro groups is 1. The Balaban J connectivity index is 1.73. The van der Waals surface area contributed by atoms with Crippen LogP contribution in [-0.2, 0) is 0 Å². The van der Waals surface area contributed by atoms with E-state index in [1.165, 1.54) is 12.1 Å². The minimum absolute atomic E-state index is 0.0402. The van der Waals surface area contributed by atoms with Gasteiger partial charge in [0, 0.05) is 23.5 Å². The maximum atomic E-state index is 13.4. The van der Waals surface area contributed by atoms with Crippen LogP contribution in [0, 0.1) is 10.1 Å². The number of carbonyl (C=O) groups is 1. The Morgan fingerprint density at radius 3 is 2.41 bits per heavy atom. The van der Waals surface area contributed by atoms with Crippen molar-refractivity contribution in [1.82, 2.24) is 0 Å². The van der Waals surface area contributed by atoms with Crippen molar-refractivity contribution in [2.24, 2.45) is 0 Å². The molecule has 0 unspecified atom stereocenters. The zero-order valence-electron chi connectivity index (χ0n) is 16.0. The number of anilines is 2. The van der Waals surface area contributed by atoms with Crippen molar-refractivity contribution in [1.29, 1.82) is 0 Å². The smallest absolute Gasteiger partial charge is 0.282 e. The van der Waals surface area contributed by atoms with Gasteiger partial charge in [0.25, 0.3) is 11.6 Å². The van der Waals surface area contributed by atoms with Crippen molar-refractivity contribution in [3.63, 3.8) is 0 Å². The Morgan fingerprint density at radius 1 is 1.00 bits per heavy atom. The highest BCUT2D eigenvalue weighted by atomic mass is 16.6. The summed E-state index contributed by atoms with van der Waals surface area (Å²) in [7, 11) is 0. The van der Waals surface area contributed by atoms with Gasteiger partial charge in [0.05, 0.1) is 11.0 Å². The van der Waals surface area contributed by atoms with Gasteiger partial charge >= 0.3 is 0 Å². The van der Waals surface area contributed by atoms with Crippen LogP contribution in [0.25, 0.3) is 0 Å². The van der Waals surface area contributed by atoms with Gasteiger partial charge in [-0.2, -0.15) is 0 Å². The lowest BCUT2D eigenvalue weighted by Gasteiger charge is -2.40. The predicted octanol–water partition coefficient (Wildman–Crippen LogP) is 5.19. The van der Waals surface area contributed by atoms with Gasteiger partial charge in [0.15, 0.2) is 0 Å². The third-order valence-electron chi connectivity index (χ3n) is 5.25. The van der Waals surface area contributed by atoms with Gasteiger partial charge in [-0.3, -0.25) is 14.9 Å². The van der Waals surface area contributed by atoms with Crippen LogP contribution in [0.15, 0.2) is 78.9 Å². The third-order valence-corrected chi connectivity index (χ3v) is 5.25. The number of benzene rings is 3. The van der Waals surface area contributed by atoms with E-state index < -0.39 is 4.92 Å². The molecule has 1 N–H and O–H groups in total. The second-order valence-corrected chi connectivity index (χ2v) is 7.16. The van der Waals surface area contributed by atoms with Crippen LogP contribution >= 0.6 is 0 Å². The Kier molecular flexibility index (Phi) is 4.99. The first-order valence-corrected chi connectivity index (χ1v) is 9.53. The summed E-state index contributed by atoms with van der Waals surface area (Å²) in [6.45, 7) is 1.97. The number of hydrogen-bond acceptors (Lipinski definition) is 4. The van der Waals surface area contributed by atoms with Crippen molar-refractivity contribution in [3.8, 4) is 0 Å². The molecule has 29 heavy (non-hydrogen) atoms. The number of hydrogen-bond donors (Lipinski definition) is 1. The number of rotatable bonds is 4. The highest BCUT2D eigenvalue weighted by Crippen LogP contribution is 2.40. The molecule has 0 aliphatic carbocycles. The summed E-state index contributed by atoms with van der Waals surface area (Å²) in [6.07, 6.45) is 0.693. The van der Waals surface area contributed by atoms with E-state index in [1.807, 2.05) is 61.5 Å². The van der Waals surface area contributed by atoms with Crippen molar-refractivity contribution >= 4 is 23.0 Å². The van der Waals surface area contributed by atoms with Gasteiger partial charge in [0.2, 0.25) is 0 Å². The Morgan fingerprint density at radius 2 is 1.66 bits per heavy atom. The van der Waals surface area contributed by atoms with Gasteiger partial charge in [-0.15, -0.1) is 0 Å². The SMILES string of the molecule is C[C@@H]1C[C@H](Nc2ccccc2)c2ccccc2N1C(=O)c1ccccc1[N+](=O)[O-]. The molecule has 0 bridgehead atoms. The van der Waals surface area contributed by atoms with Crippen molar-refractivity contribution < 1.29 is 9.72 Å². The molecule has 2 atom stereocenters. The predicted molar refractivity (Wildman–Crippen MR) is 113 cm³/mol. The van der Waals surface area contributed by atoms with Crippen molar-refractivity contribution in [2.75, 3.05) is 10.2 Å². The number of amides is 1. The first-order chi connectivity index (χ1) is 14.1. The van der Waals surface area contributed by atoms with Gasteiger partial charge in [-0.05, 0) is 43.2 Å². The molecule has 3 aromatic rings. The normalized spacial score (nSPS) is 18.0. The fraction of sp³-hybridized carbons (Fsp3) is 0.174. The zero-order chi connectivity index (χ0) is 20.4. The summed E-state index contributed by atoms with van der Waals surface area (Å²) < 4.78 is 0. The van der Waals surface area contributed by atoms with Gasteiger partial charge in [-0.25, -0.2) is 0 Å². The maximum Gasteiger partial charge on any atom is 0.282 e. The minimum Gasteiger partial charge on any atom is -0.378 e. The molecular formula is C23H21N3O3. The summed E-state index contributed by atoms with van der Waals surface area (Å²) in [5.74, 6) is -0.351. The molecule has 0 aromatic heterocycles. The van der Waals surface area contributed by atoms with Gasteiger partial charge < -0.3 is 10.2 Å². The van der Waals surface area contributed by atoms with Crippen LogP contribution in [0.1, 0.15) is 35.3 Å². The van der Waals surface area contributed by atoms with E-state index >= 15 is 0 Å². The largest absolute Gasteiger partial charge is 0.378 e. The van der Waals surface area contributed by atoms with Crippen LogP contribution in [-0.4, -0.2) is 16.9 Å². The minimum atomic E-state index is -0.506. The quantitative estimate of drug-likeness (QED) is 0.494. The van der Waals surface area contributed by atoms with Crippen LogP contribution in [0.2, 0.25) is 0 Å². The first-order valence-electron chi connectivity index (χ1n) is 9.53. The van der Waals surface area contributed by atoms with Crippen LogP contribution < -0.4 is 10.2 Å². The fourth-order valence-corrected chi connectivity index (χ4v) is 3.94. The van der Waals surface area contributed by atoms with E-state index in [0.717, 1.165) is 16.9 Å². The average Bonchev–Trinajstić information content (AvgIpc) is 2.74. The molecule has 1 aliphatic rings. The summed E-state index contributed by atoms with van der Waals surface area (Å²) in [4.78, 5) is 26.0. The molecule has 6 nitrogen and oxygen atoms in total. The lowest BCUT2D eigenvalue weighted by molar-refractivity contribution is -0.385. The highest BCUT2D eigenvalue weighted by Gasteiger charge is 2.36. The summed E-state index contributed by atoms with van der Waals surface area (Å²) >= 11 is 0. The second kappa shape index (κ2) is 7.75. The monoisotopic (exact) mass is 387 g/mol. The second-order valence-electron chi connectivity index (χ2n) is 7.16. The Bertz CT molecular complexity index is 1050. The van der Waals surface area contributed by atoms with Crippen LogP contribution in [0.3, 0.4) is 0 Å². The molecule has 0 spiro atoms. The Hall–Kier alpha value is -3.67. The summed E-state index contributed by atoms with van der Waals surface area (Å²) in [6, 6.07) is 23.7. The van der Waals surface area contributed by atoms with Crippen LogP contribution in [0.4, 0.5) is 17.1 Å². The Labute approximate surface area is 168 Å². The number of carbonyl (C=O) groups excluding carboxylic acids is 1. The van der Waals surface area contributed by atoms with E-state index in [9.17, 15) is 14.9 Å².